The van der Waals surface area contributed by atoms with Crippen LogP contribution in [0.15, 0.2) is 5.16 Å². The number of carbonyl (C=O) groups is 1. The van der Waals surface area contributed by atoms with Gasteiger partial charge < -0.3 is 10.5 Å². The highest BCUT2D eigenvalue weighted by molar-refractivity contribution is 7.99. The molecule has 1 saturated carbocycles. The second-order valence-corrected chi connectivity index (χ2v) is 5.90. The molecule has 0 bridgehead atoms. The van der Waals surface area contributed by atoms with Crippen LogP contribution >= 0.6 is 11.8 Å². The van der Waals surface area contributed by atoms with E-state index in [-0.39, 0.29) is 5.97 Å². The Morgan fingerprint density at radius 1 is 1.55 bits per heavy atom. The zero-order chi connectivity index (χ0) is 14.4. The van der Waals surface area contributed by atoms with E-state index in [4.69, 9.17) is 10.5 Å². The summed E-state index contributed by atoms with van der Waals surface area (Å²) in [6.07, 6.45) is 5.31. The van der Waals surface area contributed by atoms with Crippen LogP contribution in [0.25, 0.3) is 0 Å². The van der Waals surface area contributed by atoms with Crippen LogP contribution in [-0.2, 0) is 9.53 Å². The standard InChI is InChI=1S/C12H21N5O2S/c1-2-19-11(18)10(13)7-8-20-12-14-15-16-17(12)9-5-3-4-6-9/h9-10H,2-8,13H2,1H3. The molecule has 1 heterocycles. The SMILES string of the molecule is CCOC(=O)C(N)CCSc1nnnn1C1CCCC1. The largest absolute Gasteiger partial charge is 0.465 e. The first-order valence-corrected chi connectivity index (χ1v) is 8.03. The predicted molar refractivity (Wildman–Crippen MR) is 75.3 cm³/mol. The molecule has 1 atom stereocenters. The second-order valence-electron chi connectivity index (χ2n) is 4.84. The molecule has 0 radical (unpaired) electrons. The number of tetrazole rings is 1. The molecule has 1 aliphatic carbocycles. The quantitative estimate of drug-likeness (QED) is 0.596. The normalized spacial score (nSPS) is 17.3. The van der Waals surface area contributed by atoms with Gasteiger partial charge in [-0.1, -0.05) is 24.6 Å². The highest BCUT2D eigenvalue weighted by Crippen LogP contribution is 2.31. The third-order valence-electron chi connectivity index (χ3n) is 3.38. The van der Waals surface area contributed by atoms with Gasteiger partial charge >= 0.3 is 5.97 Å². The van der Waals surface area contributed by atoms with E-state index < -0.39 is 6.04 Å². The van der Waals surface area contributed by atoms with Gasteiger partial charge in [-0.2, -0.15) is 0 Å². The Kier molecular flexibility index (Phi) is 5.78. The van der Waals surface area contributed by atoms with E-state index in [1.165, 1.54) is 12.8 Å². The van der Waals surface area contributed by atoms with Gasteiger partial charge in [-0.25, -0.2) is 4.68 Å². The number of hydrogen-bond donors (Lipinski definition) is 1. The lowest BCUT2D eigenvalue weighted by Gasteiger charge is -2.12. The van der Waals surface area contributed by atoms with Crippen molar-refractivity contribution < 1.29 is 9.53 Å². The average molecular weight is 299 g/mol. The first kappa shape index (κ1) is 15.2. The molecule has 112 valence electrons. The van der Waals surface area contributed by atoms with Gasteiger partial charge in [0.2, 0.25) is 5.16 Å². The van der Waals surface area contributed by atoms with Crippen molar-refractivity contribution in [3.63, 3.8) is 0 Å². The topological polar surface area (TPSA) is 95.9 Å². The van der Waals surface area contributed by atoms with Gasteiger partial charge in [-0.05, 0) is 36.6 Å². The zero-order valence-corrected chi connectivity index (χ0v) is 12.5. The van der Waals surface area contributed by atoms with Crippen LogP contribution in [0.5, 0.6) is 0 Å². The molecular formula is C12H21N5O2S. The fourth-order valence-corrected chi connectivity index (χ4v) is 3.27. The number of aromatic nitrogens is 4. The number of hydrogen-bond acceptors (Lipinski definition) is 7. The highest BCUT2D eigenvalue weighted by Gasteiger charge is 2.22. The van der Waals surface area contributed by atoms with E-state index in [2.05, 4.69) is 15.5 Å². The summed E-state index contributed by atoms with van der Waals surface area (Å²) >= 11 is 1.54. The van der Waals surface area contributed by atoms with Crippen molar-refractivity contribution in [1.29, 1.82) is 0 Å². The van der Waals surface area contributed by atoms with Gasteiger partial charge in [0.15, 0.2) is 0 Å². The van der Waals surface area contributed by atoms with Crippen LogP contribution in [0.2, 0.25) is 0 Å². The lowest BCUT2D eigenvalue weighted by molar-refractivity contribution is -0.144. The molecule has 1 fully saturated rings. The van der Waals surface area contributed by atoms with Gasteiger partial charge in [0, 0.05) is 5.75 Å². The third kappa shape index (κ3) is 3.92. The van der Waals surface area contributed by atoms with Crippen molar-refractivity contribution in [3.8, 4) is 0 Å². The first-order valence-electron chi connectivity index (χ1n) is 7.05. The van der Waals surface area contributed by atoms with Crippen LogP contribution in [0.4, 0.5) is 0 Å². The van der Waals surface area contributed by atoms with Gasteiger partial charge in [-0.15, -0.1) is 5.10 Å². The molecule has 0 aromatic carbocycles. The minimum atomic E-state index is -0.571. The summed E-state index contributed by atoms with van der Waals surface area (Å²) in [4.78, 5) is 11.4. The van der Waals surface area contributed by atoms with E-state index in [9.17, 15) is 4.79 Å². The predicted octanol–water partition coefficient (Wildman–Crippen LogP) is 1.16. The van der Waals surface area contributed by atoms with E-state index in [0.29, 0.717) is 24.8 Å². The number of esters is 1. The summed E-state index contributed by atoms with van der Waals surface area (Å²) in [7, 11) is 0. The van der Waals surface area contributed by atoms with E-state index in [1.54, 1.807) is 18.7 Å². The van der Waals surface area contributed by atoms with Crippen LogP contribution < -0.4 is 5.73 Å². The van der Waals surface area contributed by atoms with Crippen molar-refractivity contribution >= 4 is 17.7 Å². The Morgan fingerprint density at radius 2 is 2.30 bits per heavy atom. The summed E-state index contributed by atoms with van der Waals surface area (Å²) in [5.41, 5.74) is 5.76. The van der Waals surface area contributed by atoms with E-state index >= 15 is 0 Å². The van der Waals surface area contributed by atoms with Crippen molar-refractivity contribution in [3.05, 3.63) is 0 Å². The van der Waals surface area contributed by atoms with Gasteiger partial charge in [-0.3, -0.25) is 4.79 Å². The Morgan fingerprint density at radius 3 is 3.00 bits per heavy atom. The Hall–Kier alpha value is -1.15. The number of ether oxygens (including phenoxy) is 1. The summed E-state index contributed by atoms with van der Waals surface area (Å²) in [6.45, 7) is 2.13. The third-order valence-corrected chi connectivity index (χ3v) is 4.35. The summed E-state index contributed by atoms with van der Waals surface area (Å²) in [5, 5.41) is 12.7. The lowest BCUT2D eigenvalue weighted by atomic mass is 10.2. The molecule has 8 heteroatoms. The van der Waals surface area contributed by atoms with Crippen molar-refractivity contribution in [2.75, 3.05) is 12.4 Å². The summed E-state index contributed by atoms with van der Waals surface area (Å²) in [5.74, 6) is 0.357. The molecule has 1 unspecified atom stereocenters. The molecule has 1 aromatic heterocycles. The summed E-state index contributed by atoms with van der Waals surface area (Å²) < 4.78 is 6.79. The molecule has 7 nitrogen and oxygen atoms in total. The molecule has 0 aliphatic heterocycles. The maximum atomic E-state index is 11.4. The Labute approximate surface area is 122 Å². The average Bonchev–Trinajstić information content (AvgIpc) is 3.09. The maximum absolute atomic E-state index is 11.4. The molecule has 0 spiro atoms. The number of carbonyl (C=O) groups excluding carboxylic acids is 1. The fourth-order valence-electron chi connectivity index (χ4n) is 2.30. The maximum Gasteiger partial charge on any atom is 0.322 e. The van der Waals surface area contributed by atoms with E-state index in [1.807, 2.05) is 4.68 Å². The molecule has 2 rings (SSSR count). The Balaban J connectivity index is 1.79. The first-order chi connectivity index (χ1) is 9.72. The minimum absolute atomic E-state index is 0.344. The Bertz CT molecular complexity index is 433. The van der Waals surface area contributed by atoms with Crippen LogP contribution in [0.1, 0.15) is 45.1 Å². The van der Waals surface area contributed by atoms with Crippen LogP contribution in [-0.4, -0.2) is 44.6 Å². The number of thioether (sulfide) groups is 1. The zero-order valence-electron chi connectivity index (χ0n) is 11.7. The molecule has 20 heavy (non-hydrogen) atoms. The smallest absolute Gasteiger partial charge is 0.322 e. The number of nitrogens with two attached hydrogens (primary N) is 1. The highest BCUT2D eigenvalue weighted by atomic mass is 32.2. The fraction of sp³-hybridized carbons (Fsp3) is 0.833. The van der Waals surface area contributed by atoms with E-state index in [0.717, 1.165) is 18.0 Å². The van der Waals surface area contributed by atoms with Gasteiger partial charge in [0.05, 0.1) is 12.6 Å². The lowest BCUT2D eigenvalue weighted by Crippen LogP contribution is -2.32. The summed E-state index contributed by atoms with van der Waals surface area (Å²) in [6, 6.07) is -0.149. The second kappa shape index (κ2) is 7.58. The van der Waals surface area contributed by atoms with Crippen molar-refractivity contribution in [2.45, 2.75) is 56.3 Å². The van der Waals surface area contributed by atoms with Crippen molar-refractivity contribution in [2.24, 2.45) is 5.73 Å². The minimum Gasteiger partial charge on any atom is -0.465 e. The monoisotopic (exact) mass is 299 g/mol. The molecule has 0 saturated heterocycles. The molecular weight excluding hydrogens is 278 g/mol. The van der Waals surface area contributed by atoms with Crippen LogP contribution in [0, 0.1) is 0 Å². The molecule has 0 amide bonds. The molecule has 2 N–H and O–H groups in total. The van der Waals surface area contributed by atoms with Crippen LogP contribution in [0.3, 0.4) is 0 Å². The number of nitrogens with zero attached hydrogens (tertiary/aromatic N) is 4. The molecule has 1 aliphatic rings. The van der Waals surface area contributed by atoms with Gasteiger partial charge in [0.1, 0.15) is 6.04 Å². The van der Waals surface area contributed by atoms with Crippen molar-refractivity contribution in [1.82, 2.24) is 20.2 Å². The number of rotatable bonds is 7. The van der Waals surface area contributed by atoms with Gasteiger partial charge in [0.25, 0.3) is 0 Å². The molecule has 1 aromatic rings.